The van der Waals surface area contributed by atoms with Gasteiger partial charge < -0.3 is 30.4 Å². The molecule has 3 aromatic rings. The third-order valence-electron chi connectivity index (χ3n) is 14.0. The van der Waals surface area contributed by atoms with Gasteiger partial charge in [-0.15, -0.1) is 0 Å². The van der Waals surface area contributed by atoms with E-state index in [9.17, 15) is 29.1 Å². The normalized spacial score (nSPS) is 32.4. The van der Waals surface area contributed by atoms with Gasteiger partial charge in [0.25, 0.3) is 0 Å². The van der Waals surface area contributed by atoms with Crippen LogP contribution in [0.1, 0.15) is 69.4 Å². The number of benzene rings is 2. The van der Waals surface area contributed by atoms with E-state index < -0.39 is 64.4 Å². The van der Waals surface area contributed by atoms with E-state index in [1.165, 1.54) is 12.2 Å². The van der Waals surface area contributed by atoms with Crippen LogP contribution in [0.15, 0.2) is 84.7 Å². The molecule has 1 saturated heterocycles. The van der Waals surface area contributed by atoms with Crippen LogP contribution in [0, 0.1) is 28.6 Å². The average Bonchev–Trinajstić information content (AvgIpc) is 3.37. The number of rotatable bonds is 12. The molecule has 2 heterocycles. The Bertz CT molecular complexity index is 2240. The fraction of sp³-hybridized carbons (Fsp3) is 0.467. The molecule has 12 nitrogen and oxygen atoms in total. The zero-order valence-electron chi connectivity index (χ0n) is 32.6. The third-order valence-corrected chi connectivity index (χ3v) is 14.0. The van der Waals surface area contributed by atoms with Crippen molar-refractivity contribution in [2.75, 3.05) is 25.1 Å². The molecule has 2 aromatic carbocycles. The first kappa shape index (κ1) is 39.7. The quantitative estimate of drug-likeness (QED) is 0.205. The van der Waals surface area contributed by atoms with E-state index in [0.717, 1.165) is 10.8 Å². The summed E-state index contributed by atoms with van der Waals surface area (Å²) < 4.78 is 34.4. The molecule has 1 spiro atoms. The van der Waals surface area contributed by atoms with Crippen LogP contribution in [0.25, 0.3) is 10.8 Å². The van der Waals surface area contributed by atoms with Gasteiger partial charge in [-0.2, -0.15) is 0 Å². The number of ether oxygens (including phenoxy) is 3. The van der Waals surface area contributed by atoms with E-state index in [1.807, 2.05) is 25.1 Å². The number of amides is 1. The largest absolute Gasteiger partial charge is 0.461 e. The number of hydrogen-bond acceptors (Lipinski definition) is 11. The van der Waals surface area contributed by atoms with E-state index in [-0.39, 0.29) is 62.5 Å². The maximum atomic E-state index is 17.5. The summed E-state index contributed by atoms with van der Waals surface area (Å²) in [5, 5.41) is 16.5. The van der Waals surface area contributed by atoms with Crippen LogP contribution >= 0.6 is 0 Å². The number of nitrogens with one attached hydrogen (secondary N) is 1. The first-order chi connectivity index (χ1) is 27.8. The summed E-state index contributed by atoms with van der Waals surface area (Å²) >= 11 is 0. The summed E-state index contributed by atoms with van der Waals surface area (Å²) in [5.41, 5.74) is 3.39. The lowest BCUT2D eigenvalue weighted by molar-refractivity contribution is -0.310. The van der Waals surface area contributed by atoms with Gasteiger partial charge in [-0.3, -0.25) is 29.0 Å². The highest BCUT2D eigenvalue weighted by Crippen LogP contribution is 2.74. The number of halogens is 1. The zero-order valence-corrected chi connectivity index (χ0v) is 32.6. The first-order valence-electron chi connectivity index (χ1n) is 20.0. The standard InChI is InChI=1S/C45H48FN3O9/c1-26-17-36-35-10-8-31-19-33(50)13-15-42(31,2)44(35,46)37(51)20-43(36)25-58-45(26,43)38(52)24-57-40(54)12-11-39(53)56-23-27-3-5-28(6-4-27)34(21-47)41(55)49-32-9-7-30-22-48-16-14-29(30)18-32/h3-7,9,13-16,18-19,22,26,34-37,51H,8,10-12,17,20-21,23-25,47H2,1-2H3,(H,49,55)/t26-,34?,35+,36+,37+,42+,43-,44+,45+/m1/s1. The van der Waals surface area contributed by atoms with E-state index in [1.54, 1.807) is 55.7 Å². The molecule has 304 valence electrons. The number of nitrogens with zero attached hydrogens (tertiary/aromatic N) is 1. The predicted molar refractivity (Wildman–Crippen MR) is 210 cm³/mol. The number of allylic oxidation sites excluding steroid dienone is 4. The van der Waals surface area contributed by atoms with E-state index in [2.05, 4.69) is 10.3 Å². The minimum atomic E-state index is -2.02. The molecule has 4 N–H and O–H groups in total. The molecule has 9 atom stereocenters. The Kier molecular flexibility index (Phi) is 10.2. The molecule has 0 bridgehead atoms. The number of aliphatic hydroxyl groups is 1. The Labute approximate surface area is 335 Å². The lowest BCUT2D eigenvalue weighted by Crippen LogP contribution is -2.76. The second-order valence-corrected chi connectivity index (χ2v) is 16.9. The zero-order chi connectivity index (χ0) is 41.0. The average molecular weight is 794 g/mol. The highest BCUT2D eigenvalue weighted by atomic mass is 19.1. The van der Waals surface area contributed by atoms with Gasteiger partial charge in [0, 0.05) is 46.8 Å². The van der Waals surface area contributed by atoms with Gasteiger partial charge in [0.05, 0.1) is 31.5 Å². The lowest BCUT2D eigenvalue weighted by atomic mass is 9.43. The van der Waals surface area contributed by atoms with Crippen LogP contribution < -0.4 is 11.1 Å². The van der Waals surface area contributed by atoms with Gasteiger partial charge in [-0.05, 0) is 91.3 Å². The molecule has 4 aliphatic carbocycles. The number of Topliss-reactive ketones (excluding diaryl/α,β-unsaturated/α-hetero) is 1. The number of fused-ring (bicyclic) bond motifs is 5. The third kappa shape index (κ3) is 6.20. The van der Waals surface area contributed by atoms with E-state index >= 15 is 4.39 Å². The number of aromatic nitrogens is 1. The van der Waals surface area contributed by atoms with Crippen LogP contribution in [0.3, 0.4) is 0 Å². The van der Waals surface area contributed by atoms with E-state index in [0.29, 0.717) is 41.6 Å². The second-order valence-electron chi connectivity index (χ2n) is 16.9. The number of ketones is 2. The van der Waals surface area contributed by atoms with Gasteiger partial charge in [0.2, 0.25) is 11.7 Å². The minimum Gasteiger partial charge on any atom is -0.461 e. The summed E-state index contributed by atoms with van der Waals surface area (Å²) in [5.74, 6) is -3.98. The molecule has 13 heteroatoms. The topological polar surface area (TPSA) is 184 Å². The molecule has 8 rings (SSSR count). The first-order valence-corrected chi connectivity index (χ1v) is 20.0. The lowest BCUT2D eigenvalue weighted by Gasteiger charge is -2.67. The molecular weight excluding hydrogens is 746 g/mol. The number of nitrogens with two attached hydrogens (primary N) is 1. The maximum Gasteiger partial charge on any atom is 0.306 e. The van der Waals surface area contributed by atoms with E-state index in [4.69, 9.17) is 19.9 Å². The maximum absolute atomic E-state index is 17.5. The van der Waals surface area contributed by atoms with Crippen molar-refractivity contribution in [1.29, 1.82) is 0 Å². The Morgan fingerprint density at radius 3 is 2.53 bits per heavy atom. The molecule has 4 fully saturated rings. The van der Waals surface area contributed by atoms with Crippen molar-refractivity contribution >= 4 is 45.9 Å². The van der Waals surface area contributed by atoms with Crippen LogP contribution in [-0.4, -0.2) is 76.6 Å². The summed E-state index contributed by atoms with van der Waals surface area (Å²) in [6, 6.07) is 14.4. The monoisotopic (exact) mass is 793 g/mol. The highest BCUT2D eigenvalue weighted by molar-refractivity contribution is 6.01. The van der Waals surface area contributed by atoms with Gasteiger partial charge in [-0.1, -0.05) is 48.9 Å². The van der Waals surface area contributed by atoms with Gasteiger partial charge >= 0.3 is 11.9 Å². The minimum absolute atomic E-state index is 0.0152. The molecule has 5 aliphatic rings. The summed E-state index contributed by atoms with van der Waals surface area (Å²) in [6.07, 6.45) is 7.43. The summed E-state index contributed by atoms with van der Waals surface area (Å²) in [6.45, 7) is 3.29. The molecule has 1 amide bonds. The SMILES string of the molecule is C[C@@H]1C[C@H]2[C@@H]3CCC4=CC(=O)C=C[C@]4(C)[C@@]3(F)[C@@H](O)C[C@@]23CO[C@]13C(=O)COC(=O)CCC(=O)OCc1ccc(C(CN)C(=O)Nc2ccc3cnccc3c2)cc1. The van der Waals surface area contributed by atoms with Crippen LogP contribution in [0.2, 0.25) is 0 Å². The number of carbonyl (C=O) groups is 5. The molecule has 1 aliphatic heterocycles. The van der Waals surface area contributed by atoms with Crippen molar-refractivity contribution < 1.29 is 47.7 Å². The fourth-order valence-corrected chi connectivity index (χ4v) is 11.1. The molecule has 0 radical (unpaired) electrons. The van der Waals surface area contributed by atoms with Crippen molar-refractivity contribution in [3.05, 3.63) is 95.9 Å². The number of pyridine rings is 1. The number of carbonyl (C=O) groups excluding carboxylic acids is 5. The Balaban J connectivity index is 0.817. The Morgan fingerprint density at radius 2 is 1.81 bits per heavy atom. The van der Waals surface area contributed by atoms with Crippen molar-refractivity contribution in [2.24, 2.45) is 34.3 Å². The number of aliphatic hydroxyl groups excluding tert-OH is 1. The number of hydrogen-bond donors (Lipinski definition) is 3. The van der Waals surface area contributed by atoms with Crippen molar-refractivity contribution in [1.82, 2.24) is 4.98 Å². The van der Waals surface area contributed by atoms with Gasteiger partial charge in [0.15, 0.2) is 18.1 Å². The van der Waals surface area contributed by atoms with Crippen LogP contribution in [-0.2, 0) is 44.8 Å². The van der Waals surface area contributed by atoms with Gasteiger partial charge in [-0.25, -0.2) is 4.39 Å². The summed E-state index contributed by atoms with van der Waals surface area (Å²) in [4.78, 5) is 68.6. The van der Waals surface area contributed by atoms with Crippen LogP contribution in [0.4, 0.5) is 10.1 Å². The highest BCUT2D eigenvalue weighted by Gasteiger charge is 2.81. The van der Waals surface area contributed by atoms with Crippen molar-refractivity contribution in [3.8, 4) is 0 Å². The Morgan fingerprint density at radius 1 is 1.05 bits per heavy atom. The Hall–Kier alpha value is -5.11. The van der Waals surface area contributed by atoms with Gasteiger partial charge in [0.1, 0.15) is 12.2 Å². The summed E-state index contributed by atoms with van der Waals surface area (Å²) in [7, 11) is 0. The van der Waals surface area contributed by atoms with Crippen LogP contribution in [0.5, 0.6) is 0 Å². The smallest absolute Gasteiger partial charge is 0.306 e. The second kappa shape index (κ2) is 14.9. The number of anilines is 1. The van der Waals surface area contributed by atoms with Crippen molar-refractivity contribution in [2.45, 2.75) is 82.3 Å². The number of esters is 2. The molecular formula is C45H48FN3O9. The molecule has 58 heavy (non-hydrogen) atoms. The molecule has 1 aromatic heterocycles. The van der Waals surface area contributed by atoms with Crippen molar-refractivity contribution in [3.63, 3.8) is 0 Å². The predicted octanol–water partition coefficient (Wildman–Crippen LogP) is 5.22. The molecule has 1 unspecified atom stereocenters. The molecule has 3 saturated carbocycles. The fourth-order valence-electron chi connectivity index (χ4n) is 11.1. The number of alkyl halides is 1.